The number of amides is 1. The smallest absolute Gasteiger partial charge is 0.413 e. The van der Waals surface area contributed by atoms with Gasteiger partial charge in [-0.1, -0.05) is 20.3 Å². The summed E-state index contributed by atoms with van der Waals surface area (Å²) in [4.78, 5) is 36.8. The van der Waals surface area contributed by atoms with Crippen molar-refractivity contribution in [1.82, 2.24) is 0 Å². The highest BCUT2D eigenvalue weighted by Crippen LogP contribution is 2.48. The Labute approximate surface area is 168 Å². The zero-order valence-corrected chi connectivity index (χ0v) is 16.8. The Morgan fingerprint density at radius 1 is 1.28 bits per heavy atom. The molecular weight excluding hydrogens is 384 g/mol. The fourth-order valence-electron chi connectivity index (χ4n) is 3.43. The maximum absolute atomic E-state index is 12.9. The second-order valence-corrected chi connectivity index (χ2v) is 6.72. The highest BCUT2D eigenvalue weighted by molar-refractivity contribution is 6.03. The lowest BCUT2D eigenvalue weighted by molar-refractivity contribution is -0.384. The average molecular weight is 410 g/mol. The molecule has 29 heavy (non-hydrogen) atoms. The van der Waals surface area contributed by atoms with E-state index >= 15 is 0 Å². The van der Waals surface area contributed by atoms with Crippen molar-refractivity contribution in [3.63, 3.8) is 0 Å². The molecule has 0 aliphatic carbocycles. The Hall–Kier alpha value is -2.88. The summed E-state index contributed by atoms with van der Waals surface area (Å²) in [6.45, 7) is 4.22. The molecule has 10 nitrogen and oxygen atoms in total. The molecule has 0 radical (unpaired) electrons. The number of carbonyl (C=O) groups excluding carboxylic acids is 1. The van der Waals surface area contributed by atoms with Crippen LogP contribution in [0.15, 0.2) is 12.1 Å². The van der Waals surface area contributed by atoms with E-state index in [4.69, 9.17) is 14.2 Å². The van der Waals surface area contributed by atoms with E-state index in [1.807, 2.05) is 6.92 Å². The largest absolute Gasteiger partial charge is 0.491 e. The monoisotopic (exact) mass is 410 g/mol. The zero-order chi connectivity index (χ0) is 21.6. The molecule has 1 aliphatic heterocycles. The van der Waals surface area contributed by atoms with Crippen LogP contribution in [-0.2, 0) is 20.7 Å². The van der Waals surface area contributed by atoms with Gasteiger partial charge in [-0.05, 0) is 24.5 Å². The van der Waals surface area contributed by atoms with E-state index in [0.29, 0.717) is 12.0 Å². The van der Waals surface area contributed by atoms with Gasteiger partial charge in [-0.15, -0.1) is 0 Å². The molecule has 1 atom stereocenters. The molecule has 0 saturated carbocycles. The van der Waals surface area contributed by atoms with Gasteiger partial charge in [-0.3, -0.25) is 15.0 Å². The summed E-state index contributed by atoms with van der Waals surface area (Å²) in [5.74, 6) is -0.493. The number of nitro groups is 1. The quantitative estimate of drug-likeness (QED) is 0.270. The average Bonchev–Trinajstić information content (AvgIpc) is 3.03. The van der Waals surface area contributed by atoms with Gasteiger partial charge in [0, 0.05) is 13.5 Å². The molecule has 160 valence electrons. The van der Waals surface area contributed by atoms with Crippen molar-refractivity contribution >= 4 is 23.4 Å². The Balaban J connectivity index is 2.52. The van der Waals surface area contributed by atoms with Crippen molar-refractivity contribution in [2.24, 2.45) is 0 Å². The van der Waals surface area contributed by atoms with Crippen LogP contribution < -0.4 is 9.64 Å². The third kappa shape index (κ3) is 4.42. The van der Waals surface area contributed by atoms with E-state index in [-0.39, 0.29) is 44.1 Å². The van der Waals surface area contributed by atoms with Crippen molar-refractivity contribution in [2.75, 3.05) is 31.8 Å². The molecule has 10 heteroatoms. The van der Waals surface area contributed by atoms with Crippen molar-refractivity contribution in [2.45, 2.75) is 45.1 Å². The number of nitro benzene ring substituents is 1. The van der Waals surface area contributed by atoms with Crippen LogP contribution in [0, 0.1) is 10.1 Å². The molecule has 1 unspecified atom stereocenters. The molecule has 1 amide bonds. The molecule has 0 fully saturated rings. The van der Waals surface area contributed by atoms with Gasteiger partial charge in [0.05, 0.1) is 24.2 Å². The third-order valence-electron chi connectivity index (χ3n) is 4.92. The molecule has 0 aromatic heterocycles. The molecular formula is C19H26N2O8. The lowest BCUT2D eigenvalue weighted by Gasteiger charge is -2.33. The molecule has 0 bridgehead atoms. The number of benzene rings is 1. The van der Waals surface area contributed by atoms with Crippen LogP contribution >= 0.6 is 0 Å². The minimum Gasteiger partial charge on any atom is -0.491 e. The Morgan fingerprint density at radius 2 is 2.00 bits per heavy atom. The fourth-order valence-corrected chi connectivity index (χ4v) is 3.43. The number of hydrogen-bond acceptors (Lipinski definition) is 7. The normalized spacial score (nSPS) is 17.7. The van der Waals surface area contributed by atoms with Gasteiger partial charge in [-0.2, -0.15) is 0 Å². The topological polar surface area (TPSA) is 128 Å². The first kappa shape index (κ1) is 22.4. The number of nitrogens with zero attached hydrogens (tertiary/aromatic N) is 2. The van der Waals surface area contributed by atoms with Gasteiger partial charge < -0.3 is 19.3 Å². The van der Waals surface area contributed by atoms with E-state index in [1.54, 1.807) is 6.92 Å². The predicted molar refractivity (Wildman–Crippen MR) is 104 cm³/mol. The van der Waals surface area contributed by atoms with Crippen LogP contribution in [0.2, 0.25) is 0 Å². The number of unbranched alkanes of at least 4 members (excludes halogenated alkanes) is 1. The second kappa shape index (κ2) is 9.55. The molecule has 1 N–H and O–H groups in total. The summed E-state index contributed by atoms with van der Waals surface area (Å²) >= 11 is 0. The molecule has 1 aliphatic rings. The molecule has 2 rings (SSSR count). The molecule has 1 aromatic rings. The summed E-state index contributed by atoms with van der Waals surface area (Å²) in [6, 6.07) is 2.70. The standard InChI is InChI=1S/C19H26N2O8/c1-4-6-7-29-17(22)19(5-2)12-13-10-14(28-9-8-27-3)11-15(21(25)26)16(13)20(19)18(23)24/h10-11H,4-9,12H2,1-3H3,(H,23,24). The minimum absolute atomic E-state index is 0.0294. The Kier molecular flexibility index (Phi) is 7.38. The highest BCUT2D eigenvalue weighted by atomic mass is 16.6. The molecule has 0 saturated heterocycles. The lowest BCUT2D eigenvalue weighted by atomic mass is 9.91. The van der Waals surface area contributed by atoms with Crippen molar-refractivity contribution < 1.29 is 33.8 Å². The van der Waals surface area contributed by atoms with Crippen LogP contribution in [0.5, 0.6) is 5.75 Å². The van der Waals surface area contributed by atoms with Gasteiger partial charge in [-0.25, -0.2) is 9.59 Å². The predicted octanol–water partition coefficient (Wildman–Crippen LogP) is 3.15. The minimum atomic E-state index is -1.56. The van der Waals surface area contributed by atoms with Crippen LogP contribution in [-0.4, -0.2) is 54.6 Å². The van der Waals surface area contributed by atoms with Gasteiger partial charge in [0.15, 0.2) is 5.54 Å². The van der Waals surface area contributed by atoms with Crippen LogP contribution in [0.1, 0.15) is 38.7 Å². The van der Waals surface area contributed by atoms with E-state index in [9.17, 15) is 24.8 Å². The first-order chi connectivity index (χ1) is 13.8. The number of esters is 1. The summed E-state index contributed by atoms with van der Waals surface area (Å²) in [5, 5.41) is 21.5. The van der Waals surface area contributed by atoms with Crippen LogP contribution in [0.4, 0.5) is 16.2 Å². The number of methoxy groups -OCH3 is 1. The Morgan fingerprint density at radius 3 is 2.55 bits per heavy atom. The number of ether oxygens (including phenoxy) is 3. The van der Waals surface area contributed by atoms with E-state index in [2.05, 4.69) is 0 Å². The Bertz CT molecular complexity index is 782. The number of fused-ring (bicyclic) bond motifs is 1. The van der Waals surface area contributed by atoms with Gasteiger partial charge in [0.1, 0.15) is 18.0 Å². The SMILES string of the molecule is CCCCOC(=O)C1(CC)Cc2cc(OCCOC)cc([N+](=O)[O-])c2N1C(=O)O. The third-order valence-corrected chi connectivity index (χ3v) is 4.92. The highest BCUT2D eigenvalue weighted by Gasteiger charge is 2.55. The fraction of sp³-hybridized carbons (Fsp3) is 0.579. The van der Waals surface area contributed by atoms with Crippen molar-refractivity contribution in [3.8, 4) is 5.75 Å². The van der Waals surface area contributed by atoms with E-state index < -0.39 is 28.2 Å². The summed E-state index contributed by atoms with van der Waals surface area (Å²) < 4.78 is 15.7. The number of hydrogen-bond donors (Lipinski definition) is 1. The second-order valence-electron chi connectivity index (χ2n) is 6.72. The van der Waals surface area contributed by atoms with Crippen LogP contribution in [0.25, 0.3) is 0 Å². The number of carbonyl (C=O) groups is 2. The molecule has 0 spiro atoms. The number of rotatable bonds is 10. The van der Waals surface area contributed by atoms with Gasteiger partial charge >= 0.3 is 12.1 Å². The summed E-state index contributed by atoms with van der Waals surface area (Å²) in [7, 11) is 1.50. The summed E-state index contributed by atoms with van der Waals surface area (Å²) in [6.07, 6.45) is 0.0784. The van der Waals surface area contributed by atoms with Gasteiger partial charge in [0.25, 0.3) is 5.69 Å². The summed E-state index contributed by atoms with van der Waals surface area (Å²) in [5.41, 5.74) is -1.76. The maximum atomic E-state index is 12.9. The van der Waals surface area contributed by atoms with E-state index in [1.165, 1.54) is 19.2 Å². The van der Waals surface area contributed by atoms with Crippen molar-refractivity contribution in [1.29, 1.82) is 0 Å². The first-order valence-electron chi connectivity index (χ1n) is 9.45. The maximum Gasteiger partial charge on any atom is 0.413 e. The van der Waals surface area contributed by atoms with Crippen LogP contribution in [0.3, 0.4) is 0 Å². The van der Waals surface area contributed by atoms with E-state index in [0.717, 1.165) is 11.3 Å². The molecule has 1 heterocycles. The van der Waals surface area contributed by atoms with Crippen molar-refractivity contribution in [3.05, 3.63) is 27.8 Å². The lowest BCUT2D eigenvalue weighted by Crippen LogP contribution is -2.56. The number of carboxylic acid groups (broad SMARTS) is 1. The number of anilines is 1. The molecule has 1 aromatic carbocycles. The van der Waals surface area contributed by atoms with Gasteiger partial charge in [0.2, 0.25) is 0 Å². The zero-order valence-electron chi connectivity index (χ0n) is 16.8. The first-order valence-corrected chi connectivity index (χ1v) is 9.45.